The van der Waals surface area contributed by atoms with Crippen LogP contribution < -0.4 is 4.90 Å². The van der Waals surface area contributed by atoms with Crippen molar-refractivity contribution >= 4 is 27.3 Å². The topological polar surface area (TPSA) is 84.2 Å². The third-order valence-electron chi connectivity index (χ3n) is 7.25. The number of nitrogens with zero attached hydrogens (tertiary/aromatic N) is 6. The van der Waals surface area contributed by atoms with Crippen LogP contribution in [0.15, 0.2) is 36.5 Å². The molecule has 2 aromatic heterocycles. The Bertz CT molecular complexity index is 1340. The highest BCUT2D eigenvalue weighted by atomic mass is 35.5. The first kappa shape index (κ1) is 22.0. The number of aryl methyl sites for hydroxylation is 1. The summed E-state index contributed by atoms with van der Waals surface area (Å²) in [6, 6.07) is 10.1. The molecule has 3 aliphatic rings. The Morgan fingerprint density at radius 1 is 1.03 bits per heavy atom. The number of hydrogen-bond donors (Lipinski definition) is 0. The molecular weight excluding hydrogens is 472 g/mol. The fourth-order valence-corrected chi connectivity index (χ4v) is 7.07. The average molecular weight is 499 g/mol. The van der Waals surface area contributed by atoms with Crippen molar-refractivity contribution in [2.24, 2.45) is 0 Å². The normalized spacial score (nSPS) is 20.9. The molecule has 0 radical (unpaired) electrons. The van der Waals surface area contributed by atoms with Gasteiger partial charge >= 0.3 is 0 Å². The average Bonchev–Trinajstić information content (AvgIpc) is 3.13. The predicted octanol–water partition coefficient (Wildman–Crippen LogP) is 3.12. The Balaban J connectivity index is 1.30. The highest BCUT2D eigenvalue weighted by molar-refractivity contribution is 7.92. The summed E-state index contributed by atoms with van der Waals surface area (Å²) in [7, 11) is -2.92. The number of rotatable bonds is 3. The van der Waals surface area contributed by atoms with E-state index in [1.165, 1.54) is 5.56 Å². The van der Waals surface area contributed by atoms with Gasteiger partial charge in [0.1, 0.15) is 11.6 Å². The van der Waals surface area contributed by atoms with Crippen molar-refractivity contribution < 1.29 is 8.42 Å². The lowest BCUT2D eigenvalue weighted by Crippen LogP contribution is -2.52. The lowest BCUT2D eigenvalue weighted by molar-refractivity contribution is 0.193. The first-order valence-corrected chi connectivity index (χ1v) is 13.9. The second-order valence-electron chi connectivity index (χ2n) is 9.67. The molecule has 3 aliphatic heterocycles. The van der Waals surface area contributed by atoms with Crippen molar-refractivity contribution in [2.45, 2.75) is 44.8 Å². The van der Waals surface area contributed by atoms with Gasteiger partial charge in [-0.3, -0.25) is 9.47 Å². The van der Waals surface area contributed by atoms with Gasteiger partial charge in [-0.05, 0) is 61.2 Å². The molecule has 34 heavy (non-hydrogen) atoms. The number of fused-ring (bicyclic) bond motifs is 3. The second kappa shape index (κ2) is 8.32. The molecule has 0 aliphatic carbocycles. The summed E-state index contributed by atoms with van der Waals surface area (Å²) in [5.74, 6) is 3.58. The molecule has 0 atom stereocenters. The van der Waals surface area contributed by atoms with Gasteiger partial charge in [-0.15, -0.1) is 10.2 Å². The molecule has 0 N–H and O–H groups in total. The van der Waals surface area contributed by atoms with Crippen LogP contribution in [0.3, 0.4) is 0 Å². The van der Waals surface area contributed by atoms with Crippen molar-refractivity contribution in [1.29, 1.82) is 0 Å². The van der Waals surface area contributed by atoms with Crippen LogP contribution in [0.4, 0.5) is 5.82 Å². The number of halogens is 1. The summed E-state index contributed by atoms with van der Waals surface area (Å²) in [5.41, 5.74) is 3.35. The van der Waals surface area contributed by atoms with Gasteiger partial charge in [-0.1, -0.05) is 11.6 Å². The largest absolute Gasteiger partial charge is 0.357 e. The summed E-state index contributed by atoms with van der Waals surface area (Å²) in [6.45, 7) is 5.16. The molecule has 0 saturated carbocycles. The number of benzene rings is 1. The first-order chi connectivity index (χ1) is 16.4. The molecule has 5 heterocycles. The standard InChI is InChI=1S/C24H27ClN6O2S/c1-16-4-7-26-22(10-16)29-8-5-17(6-9-29)24-28-27-23-13-30(20-14-34(32,33)15-20)12-18-11-19(25)2-3-21(18)31(23)24/h2-4,7,10-11,17,20H,5-6,8-9,12-15H2,1H3. The van der Waals surface area contributed by atoms with Crippen LogP contribution in [-0.4, -0.2) is 63.7 Å². The van der Waals surface area contributed by atoms with E-state index in [-0.39, 0.29) is 17.5 Å². The highest BCUT2D eigenvalue weighted by Gasteiger charge is 2.40. The Kier molecular flexibility index (Phi) is 5.38. The summed E-state index contributed by atoms with van der Waals surface area (Å²) >= 11 is 6.36. The molecule has 1 aromatic carbocycles. The molecule has 3 aromatic rings. The van der Waals surface area contributed by atoms with Crippen molar-refractivity contribution in [1.82, 2.24) is 24.6 Å². The van der Waals surface area contributed by atoms with Gasteiger partial charge < -0.3 is 4.90 Å². The molecule has 6 rings (SSSR count). The Morgan fingerprint density at radius 2 is 1.82 bits per heavy atom. The van der Waals surface area contributed by atoms with Crippen LogP contribution in [-0.2, 0) is 22.9 Å². The van der Waals surface area contributed by atoms with Gasteiger partial charge in [-0.2, -0.15) is 0 Å². The summed E-state index contributed by atoms with van der Waals surface area (Å²) in [4.78, 5) is 9.10. The van der Waals surface area contributed by atoms with Crippen LogP contribution in [0.2, 0.25) is 5.02 Å². The zero-order chi connectivity index (χ0) is 23.4. The highest BCUT2D eigenvalue weighted by Crippen LogP contribution is 2.35. The van der Waals surface area contributed by atoms with E-state index in [4.69, 9.17) is 11.6 Å². The molecule has 10 heteroatoms. The zero-order valence-corrected chi connectivity index (χ0v) is 20.6. The van der Waals surface area contributed by atoms with Gasteiger partial charge in [0.25, 0.3) is 0 Å². The third kappa shape index (κ3) is 3.99. The minimum absolute atomic E-state index is 0.00796. The number of piperidine rings is 1. The monoisotopic (exact) mass is 498 g/mol. The third-order valence-corrected chi connectivity index (χ3v) is 9.27. The van der Waals surface area contributed by atoms with Crippen molar-refractivity contribution in [3.8, 4) is 5.69 Å². The fraction of sp³-hybridized carbons (Fsp3) is 0.458. The minimum Gasteiger partial charge on any atom is -0.357 e. The Hall–Kier alpha value is -2.49. The van der Waals surface area contributed by atoms with E-state index in [1.54, 1.807) is 0 Å². The minimum atomic E-state index is -2.92. The lowest BCUT2D eigenvalue weighted by atomic mass is 9.95. The van der Waals surface area contributed by atoms with Gasteiger partial charge in [0.05, 0.1) is 23.7 Å². The molecule has 2 fully saturated rings. The van der Waals surface area contributed by atoms with Crippen molar-refractivity contribution in [3.63, 3.8) is 0 Å². The Morgan fingerprint density at radius 3 is 2.56 bits per heavy atom. The molecule has 2 saturated heterocycles. The summed E-state index contributed by atoms with van der Waals surface area (Å²) in [5, 5.41) is 9.93. The molecule has 0 spiro atoms. The van der Waals surface area contributed by atoms with E-state index >= 15 is 0 Å². The van der Waals surface area contributed by atoms with E-state index in [1.807, 2.05) is 30.5 Å². The number of hydrogen-bond acceptors (Lipinski definition) is 7. The van der Waals surface area contributed by atoms with Crippen molar-refractivity contribution in [2.75, 3.05) is 29.5 Å². The van der Waals surface area contributed by atoms with Gasteiger partial charge in [-0.25, -0.2) is 13.4 Å². The van der Waals surface area contributed by atoms with Crippen LogP contribution in [0.5, 0.6) is 0 Å². The molecular formula is C24H27ClN6O2S. The molecule has 0 bridgehead atoms. The zero-order valence-electron chi connectivity index (χ0n) is 19.1. The number of sulfone groups is 1. The van der Waals surface area contributed by atoms with Crippen molar-refractivity contribution in [3.05, 3.63) is 64.3 Å². The van der Waals surface area contributed by atoms with E-state index in [0.717, 1.165) is 54.6 Å². The fourth-order valence-electron chi connectivity index (χ4n) is 5.38. The van der Waals surface area contributed by atoms with E-state index in [9.17, 15) is 8.42 Å². The smallest absolute Gasteiger partial charge is 0.153 e. The maximum atomic E-state index is 11.8. The molecule has 8 nitrogen and oxygen atoms in total. The molecule has 0 amide bonds. The van der Waals surface area contributed by atoms with E-state index in [0.29, 0.717) is 24.0 Å². The van der Waals surface area contributed by atoms with Crippen LogP contribution in [0.25, 0.3) is 5.69 Å². The number of pyridine rings is 1. The van der Waals surface area contributed by atoms with Crippen LogP contribution in [0, 0.1) is 6.92 Å². The van der Waals surface area contributed by atoms with Crippen LogP contribution >= 0.6 is 11.6 Å². The SMILES string of the molecule is Cc1ccnc(N2CCC(c3nnc4n3-c3ccc(Cl)cc3CN(C3CS(=O)(=O)C3)C4)CC2)c1. The number of aromatic nitrogens is 4. The van der Waals surface area contributed by atoms with Gasteiger partial charge in [0, 0.05) is 42.8 Å². The quantitative estimate of drug-likeness (QED) is 0.548. The summed E-state index contributed by atoms with van der Waals surface area (Å²) < 4.78 is 25.9. The predicted molar refractivity (Wildman–Crippen MR) is 131 cm³/mol. The maximum Gasteiger partial charge on any atom is 0.153 e. The van der Waals surface area contributed by atoms with E-state index in [2.05, 4.69) is 42.5 Å². The molecule has 178 valence electrons. The van der Waals surface area contributed by atoms with Crippen LogP contribution in [0.1, 0.15) is 41.5 Å². The molecule has 0 unspecified atom stereocenters. The van der Waals surface area contributed by atoms with E-state index < -0.39 is 9.84 Å². The summed E-state index contributed by atoms with van der Waals surface area (Å²) in [6.07, 6.45) is 3.82. The number of anilines is 1. The van der Waals surface area contributed by atoms with Gasteiger partial charge in [0.2, 0.25) is 0 Å². The van der Waals surface area contributed by atoms with Gasteiger partial charge in [0.15, 0.2) is 15.7 Å². The second-order valence-corrected chi connectivity index (χ2v) is 12.3. The Labute approximate surface area is 204 Å². The first-order valence-electron chi connectivity index (χ1n) is 11.7. The maximum absolute atomic E-state index is 11.8. The lowest BCUT2D eigenvalue weighted by Gasteiger charge is -2.35.